The Labute approximate surface area is 146 Å². The van der Waals surface area contributed by atoms with E-state index in [9.17, 15) is 4.79 Å². The summed E-state index contributed by atoms with van der Waals surface area (Å²) < 4.78 is 0. The molecule has 1 unspecified atom stereocenters. The maximum absolute atomic E-state index is 12.4. The van der Waals surface area contributed by atoms with Gasteiger partial charge in [0.15, 0.2) is 5.69 Å². The highest BCUT2D eigenvalue weighted by molar-refractivity contribution is 7.13. The van der Waals surface area contributed by atoms with Gasteiger partial charge in [-0.05, 0) is 36.3 Å². The van der Waals surface area contributed by atoms with Gasteiger partial charge in [-0.15, -0.1) is 23.7 Å². The smallest absolute Gasteiger partial charge is 0.272 e. The second-order valence-electron chi connectivity index (χ2n) is 5.86. The molecule has 0 saturated heterocycles. The summed E-state index contributed by atoms with van der Waals surface area (Å²) in [5.74, 6) is 0.360. The van der Waals surface area contributed by atoms with E-state index in [1.54, 1.807) is 17.4 Å². The van der Waals surface area contributed by atoms with E-state index in [0.29, 0.717) is 18.2 Å². The number of thiophene rings is 1. The van der Waals surface area contributed by atoms with E-state index >= 15 is 0 Å². The molecule has 5 nitrogen and oxygen atoms in total. The van der Waals surface area contributed by atoms with Crippen LogP contribution in [0.15, 0.2) is 23.6 Å². The Bertz CT molecular complexity index is 607. The number of aromatic nitrogens is 2. The highest BCUT2D eigenvalue weighted by Crippen LogP contribution is 2.26. The minimum atomic E-state index is -0.139. The van der Waals surface area contributed by atoms with Crippen molar-refractivity contribution in [3.63, 3.8) is 0 Å². The number of rotatable bonds is 5. The van der Waals surface area contributed by atoms with Crippen LogP contribution in [0.2, 0.25) is 0 Å². The molecular formula is C16H23ClN4OS. The second kappa shape index (κ2) is 8.47. The van der Waals surface area contributed by atoms with Gasteiger partial charge in [0.1, 0.15) is 0 Å². The van der Waals surface area contributed by atoms with E-state index < -0.39 is 0 Å². The molecule has 0 bridgehead atoms. The van der Waals surface area contributed by atoms with Crippen molar-refractivity contribution in [3.8, 4) is 10.6 Å². The number of nitrogens with zero attached hydrogens (tertiary/aromatic N) is 1. The molecule has 1 aliphatic carbocycles. The van der Waals surface area contributed by atoms with Crippen LogP contribution in [0.4, 0.5) is 0 Å². The number of hydrogen-bond acceptors (Lipinski definition) is 4. The molecule has 0 radical (unpaired) electrons. The first-order valence-corrected chi connectivity index (χ1v) is 8.76. The molecule has 126 valence electrons. The van der Waals surface area contributed by atoms with Crippen molar-refractivity contribution >= 4 is 29.7 Å². The average molecular weight is 355 g/mol. The third-order valence-corrected chi connectivity index (χ3v) is 5.29. The minimum Gasteiger partial charge on any atom is -0.346 e. The molecule has 0 aromatic carbocycles. The Morgan fingerprint density at radius 2 is 2.22 bits per heavy atom. The number of amides is 1. The number of H-pyrrole nitrogens is 1. The fourth-order valence-corrected chi connectivity index (χ4v) is 3.84. The number of carbonyl (C=O) groups excluding carboxylic acids is 1. The summed E-state index contributed by atoms with van der Waals surface area (Å²) in [6, 6.07) is 5.84. The largest absolute Gasteiger partial charge is 0.346 e. The summed E-state index contributed by atoms with van der Waals surface area (Å²) in [4.78, 5) is 13.5. The maximum atomic E-state index is 12.4. The number of halogens is 1. The first kappa shape index (κ1) is 18.0. The zero-order chi connectivity index (χ0) is 15.4. The monoisotopic (exact) mass is 354 g/mol. The van der Waals surface area contributed by atoms with Gasteiger partial charge in [0.05, 0.1) is 10.6 Å². The number of aromatic amines is 1. The number of hydrogen-bond donors (Lipinski definition) is 3. The van der Waals surface area contributed by atoms with Crippen LogP contribution < -0.4 is 11.1 Å². The first-order valence-electron chi connectivity index (χ1n) is 7.88. The van der Waals surface area contributed by atoms with Gasteiger partial charge in [-0.1, -0.05) is 25.3 Å². The Hall–Kier alpha value is -1.37. The lowest BCUT2D eigenvalue weighted by Crippen LogP contribution is -2.46. The SMILES string of the molecule is Cl.NCC(NC(=O)c1cc(-c2cccs2)[nH]n1)C1CCCCC1. The lowest BCUT2D eigenvalue weighted by atomic mass is 9.84. The Morgan fingerprint density at radius 1 is 1.43 bits per heavy atom. The van der Waals surface area contributed by atoms with E-state index in [4.69, 9.17) is 5.73 Å². The summed E-state index contributed by atoms with van der Waals surface area (Å²) in [5, 5.41) is 12.1. The van der Waals surface area contributed by atoms with Gasteiger partial charge in [-0.3, -0.25) is 9.89 Å². The number of nitrogens with one attached hydrogen (secondary N) is 2. The topological polar surface area (TPSA) is 83.8 Å². The van der Waals surface area contributed by atoms with Crippen molar-refractivity contribution in [1.82, 2.24) is 15.5 Å². The summed E-state index contributed by atoms with van der Waals surface area (Å²) in [7, 11) is 0. The maximum Gasteiger partial charge on any atom is 0.272 e. The van der Waals surface area contributed by atoms with Gasteiger partial charge in [0.25, 0.3) is 5.91 Å². The van der Waals surface area contributed by atoms with Crippen LogP contribution in [0, 0.1) is 5.92 Å². The van der Waals surface area contributed by atoms with Crippen LogP contribution in [0.25, 0.3) is 10.6 Å². The third-order valence-electron chi connectivity index (χ3n) is 4.39. The fraction of sp³-hybridized carbons (Fsp3) is 0.500. The lowest BCUT2D eigenvalue weighted by Gasteiger charge is -2.29. The molecule has 2 heterocycles. The zero-order valence-corrected chi connectivity index (χ0v) is 14.6. The van der Waals surface area contributed by atoms with Crippen LogP contribution in [-0.4, -0.2) is 28.7 Å². The first-order chi connectivity index (χ1) is 10.8. The summed E-state index contributed by atoms with van der Waals surface area (Å²) in [5.41, 5.74) is 7.18. The Kier molecular flexibility index (Phi) is 6.62. The van der Waals surface area contributed by atoms with Crippen molar-refractivity contribution in [2.75, 3.05) is 6.54 Å². The van der Waals surface area contributed by atoms with E-state index in [1.165, 1.54) is 19.3 Å². The number of nitrogens with two attached hydrogens (primary N) is 1. The highest BCUT2D eigenvalue weighted by Gasteiger charge is 2.25. The Morgan fingerprint density at radius 3 is 2.87 bits per heavy atom. The molecular weight excluding hydrogens is 332 g/mol. The molecule has 1 amide bonds. The van der Waals surface area contributed by atoms with Crippen LogP contribution in [0.5, 0.6) is 0 Å². The molecule has 0 aliphatic heterocycles. The van der Waals surface area contributed by atoms with Crippen molar-refractivity contribution in [1.29, 1.82) is 0 Å². The van der Waals surface area contributed by atoms with Crippen molar-refractivity contribution in [3.05, 3.63) is 29.3 Å². The molecule has 2 aromatic rings. The predicted molar refractivity (Wildman–Crippen MR) is 96.0 cm³/mol. The summed E-state index contributed by atoms with van der Waals surface area (Å²) in [6.45, 7) is 0.485. The van der Waals surface area contributed by atoms with Crippen molar-refractivity contribution in [2.24, 2.45) is 11.7 Å². The van der Waals surface area contributed by atoms with Gasteiger partial charge in [-0.2, -0.15) is 5.10 Å². The van der Waals surface area contributed by atoms with Crippen LogP contribution in [0.3, 0.4) is 0 Å². The van der Waals surface area contributed by atoms with E-state index in [-0.39, 0.29) is 24.4 Å². The molecule has 7 heteroatoms. The normalized spacial score (nSPS) is 16.6. The molecule has 1 saturated carbocycles. The molecule has 3 rings (SSSR count). The molecule has 23 heavy (non-hydrogen) atoms. The van der Waals surface area contributed by atoms with Gasteiger partial charge in [-0.25, -0.2) is 0 Å². The molecule has 1 fully saturated rings. The molecule has 4 N–H and O–H groups in total. The highest BCUT2D eigenvalue weighted by atomic mass is 35.5. The lowest BCUT2D eigenvalue weighted by molar-refractivity contribution is 0.0910. The van der Waals surface area contributed by atoms with Gasteiger partial charge in [0, 0.05) is 12.6 Å². The quantitative estimate of drug-likeness (QED) is 0.770. The summed E-state index contributed by atoms with van der Waals surface area (Å²) >= 11 is 1.62. The van der Waals surface area contributed by atoms with E-state index in [0.717, 1.165) is 23.4 Å². The zero-order valence-electron chi connectivity index (χ0n) is 13.0. The van der Waals surface area contributed by atoms with Crippen molar-refractivity contribution in [2.45, 2.75) is 38.1 Å². The van der Waals surface area contributed by atoms with Crippen LogP contribution in [-0.2, 0) is 0 Å². The van der Waals surface area contributed by atoms with Crippen LogP contribution >= 0.6 is 23.7 Å². The molecule has 2 aromatic heterocycles. The third kappa shape index (κ3) is 4.34. The second-order valence-corrected chi connectivity index (χ2v) is 6.81. The molecule has 1 atom stereocenters. The van der Waals surface area contributed by atoms with Gasteiger partial charge in [0.2, 0.25) is 0 Å². The van der Waals surface area contributed by atoms with E-state index in [1.807, 2.05) is 17.5 Å². The van der Waals surface area contributed by atoms with Gasteiger partial charge < -0.3 is 11.1 Å². The van der Waals surface area contributed by atoms with Gasteiger partial charge >= 0.3 is 0 Å². The summed E-state index contributed by atoms with van der Waals surface area (Å²) in [6.07, 6.45) is 6.08. The van der Waals surface area contributed by atoms with E-state index in [2.05, 4.69) is 15.5 Å². The fourth-order valence-electron chi connectivity index (χ4n) is 3.14. The predicted octanol–water partition coefficient (Wildman–Crippen LogP) is 3.20. The van der Waals surface area contributed by atoms with Crippen LogP contribution in [0.1, 0.15) is 42.6 Å². The molecule has 1 aliphatic rings. The minimum absolute atomic E-state index is 0. The average Bonchev–Trinajstić information content (AvgIpc) is 3.23. The van der Waals surface area contributed by atoms with Crippen molar-refractivity contribution < 1.29 is 4.79 Å². The standard InChI is InChI=1S/C16H22N4OS.ClH/c17-10-14(11-5-2-1-3-6-11)18-16(21)13-9-12(19-20-13)15-7-4-8-22-15;/h4,7-9,11,14H,1-3,5-6,10,17H2,(H,18,21)(H,19,20);1H. The Balaban J connectivity index is 0.00000192. The molecule has 0 spiro atoms. The number of carbonyl (C=O) groups is 1.